The molecule has 0 aliphatic rings. The third-order valence-corrected chi connectivity index (χ3v) is 3.59. The molecule has 0 radical (unpaired) electrons. The molecule has 2 N–H and O–H groups in total. The minimum atomic E-state index is 0.492. The van der Waals surface area contributed by atoms with Crippen molar-refractivity contribution >= 4 is 28.9 Å². The highest BCUT2D eigenvalue weighted by atomic mass is 35.5. The molecule has 3 aromatic rings. The molecule has 1 heterocycles. The fourth-order valence-electron chi connectivity index (χ4n) is 2.01. The highest BCUT2D eigenvalue weighted by molar-refractivity contribution is 6.33. The van der Waals surface area contributed by atoms with Crippen molar-refractivity contribution < 1.29 is 0 Å². The third-order valence-electron chi connectivity index (χ3n) is 3.01. The Bertz CT molecular complexity index is 785. The highest BCUT2D eigenvalue weighted by Crippen LogP contribution is 2.25. The van der Waals surface area contributed by atoms with Crippen LogP contribution in [0, 0.1) is 0 Å². The summed E-state index contributed by atoms with van der Waals surface area (Å²) in [6.07, 6.45) is 0. The summed E-state index contributed by atoms with van der Waals surface area (Å²) >= 11 is 11.9. The zero-order valence-electron chi connectivity index (χ0n) is 10.9. The maximum absolute atomic E-state index is 5.99. The fourth-order valence-corrected chi connectivity index (χ4v) is 2.34. The van der Waals surface area contributed by atoms with Gasteiger partial charge in [0.1, 0.15) is 0 Å². The monoisotopic (exact) mass is 319 g/mol. The topological polar surface area (TPSA) is 69.6 Å². The Morgan fingerprint density at radius 1 is 1.10 bits per heavy atom. The summed E-state index contributed by atoms with van der Waals surface area (Å²) in [5.74, 6) is 0.623. The Labute approximate surface area is 131 Å². The molecule has 2 aromatic carbocycles. The number of hydrogen-bond donors (Lipinski definition) is 1. The average molecular weight is 320 g/mol. The van der Waals surface area contributed by atoms with E-state index in [-0.39, 0.29) is 0 Å². The van der Waals surface area contributed by atoms with Crippen LogP contribution in [0.25, 0.3) is 11.4 Å². The minimum absolute atomic E-state index is 0.492. The first-order valence-corrected chi connectivity index (χ1v) is 6.95. The molecular formula is C14H11Cl2N5. The SMILES string of the molecule is Nc1cc(-c2nnnn2Cc2cccc(Cl)c2)ccc1Cl. The van der Waals surface area contributed by atoms with Gasteiger partial charge in [-0.2, -0.15) is 0 Å². The normalized spacial score (nSPS) is 10.8. The third kappa shape index (κ3) is 2.99. The second kappa shape index (κ2) is 5.71. The van der Waals surface area contributed by atoms with E-state index in [9.17, 15) is 0 Å². The first kappa shape index (κ1) is 13.9. The second-order valence-corrected chi connectivity index (χ2v) is 5.37. The standard InChI is InChI=1S/C14H11Cl2N5/c15-11-3-1-2-9(6-11)8-21-14(18-19-20-21)10-4-5-12(16)13(17)7-10/h1-7H,8,17H2. The van der Waals surface area contributed by atoms with Gasteiger partial charge in [-0.05, 0) is 46.3 Å². The van der Waals surface area contributed by atoms with Crippen LogP contribution in [0.2, 0.25) is 10.0 Å². The number of benzene rings is 2. The molecule has 0 aliphatic heterocycles. The van der Waals surface area contributed by atoms with Crippen LogP contribution in [0.4, 0.5) is 5.69 Å². The number of rotatable bonds is 3. The van der Waals surface area contributed by atoms with E-state index >= 15 is 0 Å². The molecule has 0 aliphatic carbocycles. The lowest BCUT2D eigenvalue weighted by Crippen LogP contribution is -2.04. The summed E-state index contributed by atoms with van der Waals surface area (Å²) in [7, 11) is 0. The van der Waals surface area contributed by atoms with E-state index in [1.807, 2.05) is 30.3 Å². The van der Waals surface area contributed by atoms with Gasteiger partial charge in [-0.3, -0.25) is 0 Å². The van der Waals surface area contributed by atoms with E-state index in [0.717, 1.165) is 11.1 Å². The fraction of sp³-hybridized carbons (Fsp3) is 0.0714. The molecule has 0 saturated carbocycles. The largest absolute Gasteiger partial charge is 0.398 e. The van der Waals surface area contributed by atoms with Gasteiger partial charge in [-0.15, -0.1) is 5.10 Å². The van der Waals surface area contributed by atoms with E-state index in [1.165, 1.54) is 0 Å². The molecule has 5 nitrogen and oxygen atoms in total. The molecule has 7 heteroatoms. The van der Waals surface area contributed by atoms with Crippen LogP contribution in [0.5, 0.6) is 0 Å². The Hall–Kier alpha value is -2.11. The highest BCUT2D eigenvalue weighted by Gasteiger charge is 2.11. The van der Waals surface area contributed by atoms with Gasteiger partial charge < -0.3 is 5.73 Å². The lowest BCUT2D eigenvalue weighted by molar-refractivity contribution is 0.653. The number of tetrazole rings is 1. The van der Waals surface area contributed by atoms with Crippen LogP contribution in [-0.4, -0.2) is 20.2 Å². The number of aromatic nitrogens is 4. The summed E-state index contributed by atoms with van der Waals surface area (Å²) in [6.45, 7) is 0.519. The quantitative estimate of drug-likeness (QED) is 0.752. The zero-order chi connectivity index (χ0) is 14.8. The second-order valence-electron chi connectivity index (χ2n) is 4.53. The molecule has 0 spiro atoms. The summed E-state index contributed by atoms with van der Waals surface area (Å²) in [4.78, 5) is 0. The lowest BCUT2D eigenvalue weighted by atomic mass is 10.2. The van der Waals surface area contributed by atoms with Crippen molar-refractivity contribution in [1.29, 1.82) is 0 Å². The zero-order valence-corrected chi connectivity index (χ0v) is 12.4. The van der Waals surface area contributed by atoms with E-state index < -0.39 is 0 Å². The van der Waals surface area contributed by atoms with Crippen LogP contribution < -0.4 is 5.73 Å². The van der Waals surface area contributed by atoms with Crippen molar-refractivity contribution in [2.45, 2.75) is 6.54 Å². The Morgan fingerprint density at radius 2 is 1.95 bits per heavy atom. The molecule has 0 atom stereocenters. The molecule has 3 rings (SSSR count). The molecule has 0 amide bonds. The Balaban J connectivity index is 1.95. The van der Waals surface area contributed by atoms with Crippen molar-refractivity contribution in [2.75, 3.05) is 5.73 Å². The van der Waals surface area contributed by atoms with Crippen LogP contribution in [-0.2, 0) is 6.54 Å². The van der Waals surface area contributed by atoms with Crippen molar-refractivity contribution in [3.63, 3.8) is 0 Å². The molecule has 0 saturated heterocycles. The molecule has 0 bridgehead atoms. The van der Waals surface area contributed by atoms with Gasteiger partial charge in [-0.1, -0.05) is 35.3 Å². The van der Waals surface area contributed by atoms with Crippen LogP contribution >= 0.6 is 23.2 Å². The van der Waals surface area contributed by atoms with E-state index in [4.69, 9.17) is 28.9 Å². The van der Waals surface area contributed by atoms with Crippen molar-refractivity contribution in [3.8, 4) is 11.4 Å². The average Bonchev–Trinajstić information content (AvgIpc) is 2.90. The molecule has 1 aromatic heterocycles. The van der Waals surface area contributed by atoms with E-state index in [0.29, 0.717) is 28.1 Å². The smallest absolute Gasteiger partial charge is 0.182 e. The van der Waals surface area contributed by atoms with Gasteiger partial charge in [0.25, 0.3) is 0 Å². The van der Waals surface area contributed by atoms with Gasteiger partial charge in [-0.25, -0.2) is 4.68 Å². The van der Waals surface area contributed by atoms with Crippen molar-refractivity contribution in [3.05, 3.63) is 58.1 Å². The number of halogens is 2. The van der Waals surface area contributed by atoms with E-state index in [1.54, 1.807) is 16.8 Å². The molecule has 0 fully saturated rings. The number of nitrogens with zero attached hydrogens (tertiary/aromatic N) is 4. The Morgan fingerprint density at radius 3 is 2.71 bits per heavy atom. The Kier molecular flexibility index (Phi) is 3.77. The van der Waals surface area contributed by atoms with Gasteiger partial charge in [0, 0.05) is 10.6 Å². The summed E-state index contributed by atoms with van der Waals surface area (Å²) in [5, 5.41) is 13.0. The molecule has 21 heavy (non-hydrogen) atoms. The van der Waals surface area contributed by atoms with Crippen LogP contribution in [0.1, 0.15) is 5.56 Å². The van der Waals surface area contributed by atoms with Crippen LogP contribution in [0.15, 0.2) is 42.5 Å². The van der Waals surface area contributed by atoms with Crippen molar-refractivity contribution in [1.82, 2.24) is 20.2 Å². The lowest BCUT2D eigenvalue weighted by Gasteiger charge is -2.06. The molecule has 106 valence electrons. The van der Waals surface area contributed by atoms with Gasteiger partial charge in [0.2, 0.25) is 0 Å². The van der Waals surface area contributed by atoms with Gasteiger partial charge >= 0.3 is 0 Å². The van der Waals surface area contributed by atoms with Crippen molar-refractivity contribution in [2.24, 2.45) is 0 Å². The summed E-state index contributed by atoms with van der Waals surface area (Å²) in [5.41, 5.74) is 8.14. The summed E-state index contributed by atoms with van der Waals surface area (Å²) < 4.78 is 1.69. The van der Waals surface area contributed by atoms with Gasteiger partial charge in [0.15, 0.2) is 5.82 Å². The molecular weight excluding hydrogens is 309 g/mol. The first-order chi connectivity index (χ1) is 10.1. The predicted octanol–water partition coefficient (Wildman–Crippen LogP) is 3.28. The number of nitrogens with two attached hydrogens (primary N) is 1. The number of hydrogen-bond acceptors (Lipinski definition) is 4. The number of anilines is 1. The first-order valence-electron chi connectivity index (χ1n) is 6.19. The predicted molar refractivity (Wildman–Crippen MR) is 83.2 cm³/mol. The maximum atomic E-state index is 5.99. The van der Waals surface area contributed by atoms with Crippen LogP contribution in [0.3, 0.4) is 0 Å². The molecule has 0 unspecified atom stereocenters. The summed E-state index contributed by atoms with van der Waals surface area (Å²) in [6, 6.07) is 12.9. The van der Waals surface area contributed by atoms with Gasteiger partial charge in [0.05, 0.1) is 17.3 Å². The van der Waals surface area contributed by atoms with E-state index in [2.05, 4.69) is 15.5 Å². The minimum Gasteiger partial charge on any atom is -0.398 e. The maximum Gasteiger partial charge on any atom is 0.182 e. The number of nitrogen functional groups attached to an aromatic ring is 1.